The van der Waals surface area contributed by atoms with Gasteiger partial charge < -0.3 is 10.4 Å². The van der Waals surface area contributed by atoms with Crippen LogP contribution in [0.4, 0.5) is 5.69 Å². The average molecular weight is 391 g/mol. The fourth-order valence-corrected chi connectivity index (χ4v) is 3.00. The average Bonchev–Trinajstić information content (AvgIpc) is 2.33. The Bertz CT molecular complexity index is 555. The summed E-state index contributed by atoms with van der Waals surface area (Å²) >= 11 is 12.8. The minimum Gasteiger partial charge on any atom is -0.506 e. The Morgan fingerprint density at radius 3 is 2.39 bits per heavy atom. The van der Waals surface area contributed by atoms with Crippen molar-refractivity contribution in [2.24, 2.45) is 0 Å². The molecule has 0 bridgehead atoms. The zero-order valence-corrected chi connectivity index (χ0v) is 13.2. The molecule has 0 aromatic heterocycles. The number of aromatic hydroxyl groups is 1. The second-order valence-electron chi connectivity index (χ2n) is 3.74. The van der Waals surface area contributed by atoms with E-state index in [9.17, 15) is 5.11 Å². The summed E-state index contributed by atoms with van der Waals surface area (Å²) in [6.07, 6.45) is 0. The topological polar surface area (TPSA) is 32.3 Å². The summed E-state index contributed by atoms with van der Waals surface area (Å²) in [5.41, 5.74) is 1.99. The number of hydrogen-bond acceptors (Lipinski definition) is 2. The zero-order chi connectivity index (χ0) is 13.1. The molecule has 0 aliphatic carbocycles. The molecule has 18 heavy (non-hydrogen) atoms. The van der Waals surface area contributed by atoms with Gasteiger partial charge in [0.25, 0.3) is 0 Å². The summed E-state index contributed by atoms with van der Waals surface area (Å²) < 4.78 is 1.98. The Labute approximate surface area is 127 Å². The first kappa shape index (κ1) is 13.7. The second-order valence-corrected chi connectivity index (χ2v) is 5.85. The van der Waals surface area contributed by atoms with Crippen molar-refractivity contribution in [2.75, 3.05) is 5.32 Å². The molecule has 2 aromatic carbocycles. The highest BCUT2D eigenvalue weighted by Gasteiger charge is 2.05. The van der Waals surface area contributed by atoms with Gasteiger partial charge in [-0.05, 0) is 61.7 Å². The van der Waals surface area contributed by atoms with Crippen molar-refractivity contribution in [3.8, 4) is 5.75 Å². The minimum absolute atomic E-state index is 0.0995. The number of para-hydroxylation sites is 1. The summed E-state index contributed by atoms with van der Waals surface area (Å²) in [6, 6.07) is 11.1. The van der Waals surface area contributed by atoms with Crippen molar-refractivity contribution < 1.29 is 5.11 Å². The van der Waals surface area contributed by atoms with Crippen molar-refractivity contribution in [2.45, 2.75) is 6.54 Å². The number of benzene rings is 2. The first-order chi connectivity index (χ1) is 8.58. The summed E-state index contributed by atoms with van der Waals surface area (Å²) in [7, 11) is 0. The molecule has 2 N–H and O–H groups in total. The summed E-state index contributed by atoms with van der Waals surface area (Å²) in [4.78, 5) is 0. The van der Waals surface area contributed by atoms with Crippen LogP contribution in [0.1, 0.15) is 5.56 Å². The molecule has 0 amide bonds. The monoisotopic (exact) mass is 389 g/mol. The maximum atomic E-state index is 9.35. The molecule has 0 saturated heterocycles. The predicted octanol–water partition coefficient (Wildman–Crippen LogP) is 5.18. The Kier molecular flexibility index (Phi) is 4.54. The number of hydrogen-bond donors (Lipinski definition) is 2. The lowest BCUT2D eigenvalue weighted by atomic mass is 10.2. The molecular weight excluding hydrogens is 381 g/mol. The number of rotatable bonds is 3. The quantitative estimate of drug-likeness (QED) is 0.755. The predicted molar refractivity (Wildman–Crippen MR) is 82.3 cm³/mol. The van der Waals surface area contributed by atoms with E-state index in [1.54, 1.807) is 12.1 Å². The van der Waals surface area contributed by atoms with Gasteiger partial charge in [-0.25, -0.2) is 0 Å². The lowest BCUT2D eigenvalue weighted by molar-refractivity contribution is 0.475. The van der Waals surface area contributed by atoms with Gasteiger partial charge in [-0.1, -0.05) is 23.7 Å². The van der Waals surface area contributed by atoms with Crippen LogP contribution in [0, 0.1) is 0 Å². The Balaban J connectivity index is 2.14. The highest BCUT2D eigenvalue weighted by molar-refractivity contribution is 9.11. The van der Waals surface area contributed by atoms with Crippen LogP contribution < -0.4 is 5.32 Å². The third-order valence-corrected chi connectivity index (χ3v) is 4.07. The molecule has 5 heteroatoms. The van der Waals surface area contributed by atoms with Gasteiger partial charge in [0.05, 0.1) is 10.7 Å². The summed E-state index contributed by atoms with van der Waals surface area (Å²) in [5, 5.41) is 13.0. The first-order valence-corrected chi connectivity index (χ1v) is 7.19. The number of anilines is 1. The molecule has 2 nitrogen and oxygen atoms in total. The van der Waals surface area contributed by atoms with E-state index in [4.69, 9.17) is 11.6 Å². The van der Waals surface area contributed by atoms with E-state index in [-0.39, 0.29) is 5.75 Å². The van der Waals surface area contributed by atoms with Crippen LogP contribution in [0.2, 0.25) is 5.02 Å². The van der Waals surface area contributed by atoms with E-state index < -0.39 is 0 Å². The smallest absolute Gasteiger partial charge is 0.134 e. The molecule has 2 rings (SSSR count). The van der Waals surface area contributed by atoms with Crippen molar-refractivity contribution in [3.63, 3.8) is 0 Å². The van der Waals surface area contributed by atoms with Crippen LogP contribution in [0.25, 0.3) is 0 Å². The van der Waals surface area contributed by atoms with E-state index >= 15 is 0 Å². The first-order valence-electron chi connectivity index (χ1n) is 5.23. The highest BCUT2D eigenvalue weighted by Crippen LogP contribution is 2.31. The van der Waals surface area contributed by atoms with Crippen LogP contribution in [-0.4, -0.2) is 5.11 Å². The van der Waals surface area contributed by atoms with Crippen molar-refractivity contribution in [1.29, 1.82) is 0 Å². The number of halogens is 3. The SMILES string of the molecule is Oc1ccc(CNc2c(Br)cccc2Br)cc1Cl. The molecule has 0 atom stereocenters. The highest BCUT2D eigenvalue weighted by atomic mass is 79.9. The molecule has 2 aromatic rings. The van der Waals surface area contributed by atoms with Gasteiger partial charge in [-0.3, -0.25) is 0 Å². The second kappa shape index (κ2) is 5.95. The molecule has 0 aliphatic rings. The third kappa shape index (κ3) is 3.19. The van der Waals surface area contributed by atoms with Crippen molar-refractivity contribution in [3.05, 3.63) is 55.9 Å². The lowest BCUT2D eigenvalue weighted by Gasteiger charge is -2.11. The molecule has 0 unspecified atom stereocenters. The summed E-state index contributed by atoms with van der Waals surface area (Å²) in [5.74, 6) is 0.0995. The molecule has 94 valence electrons. The van der Waals surface area contributed by atoms with Crippen molar-refractivity contribution >= 4 is 49.1 Å². The van der Waals surface area contributed by atoms with Crippen LogP contribution in [0.3, 0.4) is 0 Å². The molecule has 0 aliphatic heterocycles. The Morgan fingerprint density at radius 2 is 1.78 bits per heavy atom. The molecule has 0 spiro atoms. The van der Waals surface area contributed by atoms with E-state index in [0.29, 0.717) is 11.6 Å². The fourth-order valence-electron chi connectivity index (χ4n) is 1.52. The van der Waals surface area contributed by atoms with Gasteiger partial charge in [0.15, 0.2) is 0 Å². The van der Waals surface area contributed by atoms with Crippen LogP contribution in [0.5, 0.6) is 5.75 Å². The van der Waals surface area contributed by atoms with Gasteiger partial charge in [-0.2, -0.15) is 0 Å². The van der Waals surface area contributed by atoms with Crippen LogP contribution >= 0.6 is 43.5 Å². The normalized spacial score (nSPS) is 10.4. The Morgan fingerprint density at radius 1 is 1.11 bits per heavy atom. The minimum atomic E-state index is 0.0995. The van der Waals surface area contributed by atoms with Crippen LogP contribution in [0.15, 0.2) is 45.3 Å². The lowest BCUT2D eigenvalue weighted by Crippen LogP contribution is -2.00. The number of nitrogens with one attached hydrogen (secondary N) is 1. The van der Waals surface area contributed by atoms with Gasteiger partial charge in [0.2, 0.25) is 0 Å². The van der Waals surface area contributed by atoms with Crippen molar-refractivity contribution in [1.82, 2.24) is 0 Å². The molecule has 0 saturated carbocycles. The van der Waals surface area contributed by atoms with Gasteiger partial charge in [0.1, 0.15) is 5.75 Å². The maximum absolute atomic E-state index is 9.35. The molecule has 0 heterocycles. The summed E-state index contributed by atoms with van der Waals surface area (Å²) in [6.45, 7) is 0.626. The molecular formula is C13H10Br2ClNO. The van der Waals surface area contributed by atoms with E-state index in [0.717, 1.165) is 20.2 Å². The van der Waals surface area contributed by atoms with E-state index in [1.165, 1.54) is 0 Å². The van der Waals surface area contributed by atoms with Gasteiger partial charge in [0, 0.05) is 15.5 Å². The van der Waals surface area contributed by atoms with Gasteiger partial charge >= 0.3 is 0 Å². The number of phenolic OH excluding ortho intramolecular Hbond substituents is 1. The fraction of sp³-hybridized carbons (Fsp3) is 0.0769. The molecule has 0 fully saturated rings. The zero-order valence-electron chi connectivity index (χ0n) is 9.25. The maximum Gasteiger partial charge on any atom is 0.134 e. The number of phenols is 1. The van der Waals surface area contributed by atoms with E-state index in [2.05, 4.69) is 37.2 Å². The third-order valence-electron chi connectivity index (χ3n) is 2.44. The van der Waals surface area contributed by atoms with E-state index in [1.807, 2.05) is 24.3 Å². The van der Waals surface area contributed by atoms with Gasteiger partial charge in [-0.15, -0.1) is 0 Å². The largest absolute Gasteiger partial charge is 0.506 e. The van der Waals surface area contributed by atoms with Crippen LogP contribution in [-0.2, 0) is 6.54 Å². The standard InChI is InChI=1S/C13H10Br2ClNO/c14-9-2-1-3-10(15)13(9)17-7-8-4-5-12(18)11(16)6-8/h1-6,17-18H,7H2. The molecule has 0 radical (unpaired) electrons. The Hall–Kier alpha value is -0.710.